The van der Waals surface area contributed by atoms with Crippen LogP contribution in [0.25, 0.3) is 0 Å². The van der Waals surface area contributed by atoms with Crippen LogP contribution in [0, 0.1) is 6.92 Å². The zero-order valence-corrected chi connectivity index (χ0v) is 12.9. The van der Waals surface area contributed by atoms with Crippen molar-refractivity contribution in [3.05, 3.63) is 23.3 Å². The Morgan fingerprint density at radius 3 is 2.42 bits per heavy atom. The summed E-state index contributed by atoms with van der Waals surface area (Å²) in [6.45, 7) is 8.48. The maximum atomic E-state index is 11.5. The summed E-state index contributed by atoms with van der Waals surface area (Å²) in [5.74, 6) is 0.936. The van der Waals surface area contributed by atoms with E-state index >= 15 is 0 Å². The molecular weight excluding hydrogens is 262 g/mol. The van der Waals surface area contributed by atoms with E-state index in [-0.39, 0.29) is 10.8 Å². The van der Waals surface area contributed by atoms with Crippen LogP contribution in [0.3, 0.4) is 0 Å². The van der Waals surface area contributed by atoms with E-state index < -0.39 is 10.0 Å². The molecule has 0 saturated carbocycles. The van der Waals surface area contributed by atoms with Gasteiger partial charge in [0.2, 0.25) is 10.0 Å². The molecule has 108 valence electrons. The molecule has 0 radical (unpaired) electrons. The maximum absolute atomic E-state index is 11.5. The lowest BCUT2D eigenvalue weighted by atomic mass is 10.0. The molecule has 0 atom stereocenters. The monoisotopic (exact) mass is 285 g/mol. The number of ether oxygens (including phenoxy) is 1. The molecule has 0 saturated heterocycles. The highest BCUT2D eigenvalue weighted by atomic mass is 32.2. The van der Waals surface area contributed by atoms with Crippen molar-refractivity contribution in [3.8, 4) is 5.75 Å². The average molecular weight is 285 g/mol. The van der Waals surface area contributed by atoms with Gasteiger partial charge in [0.15, 0.2) is 0 Å². The lowest BCUT2D eigenvalue weighted by molar-refractivity contribution is 0.304. The van der Waals surface area contributed by atoms with Crippen LogP contribution in [-0.2, 0) is 10.0 Å². The molecular formula is C14H23NO3S. The third-order valence-corrected chi connectivity index (χ3v) is 4.04. The second kappa shape index (κ2) is 6.39. The fraction of sp³-hybridized carbons (Fsp3) is 0.571. The van der Waals surface area contributed by atoms with Crippen LogP contribution >= 0.6 is 0 Å². The zero-order valence-electron chi connectivity index (χ0n) is 12.1. The van der Waals surface area contributed by atoms with Gasteiger partial charge in [0.05, 0.1) is 11.5 Å². The SMILES string of the molecule is CCCCOc1cc(C)c(S(N)(=O)=O)cc1C(C)C. The molecule has 0 amide bonds. The van der Waals surface area contributed by atoms with Crippen molar-refractivity contribution >= 4 is 10.0 Å². The van der Waals surface area contributed by atoms with E-state index in [1.54, 1.807) is 19.1 Å². The van der Waals surface area contributed by atoms with Gasteiger partial charge in [-0.25, -0.2) is 13.6 Å². The van der Waals surface area contributed by atoms with E-state index in [9.17, 15) is 8.42 Å². The number of nitrogens with two attached hydrogens (primary N) is 1. The highest BCUT2D eigenvalue weighted by Gasteiger charge is 2.17. The molecule has 19 heavy (non-hydrogen) atoms. The molecule has 0 fully saturated rings. The Balaban J connectivity index is 3.22. The van der Waals surface area contributed by atoms with E-state index in [0.29, 0.717) is 12.2 Å². The van der Waals surface area contributed by atoms with Crippen LogP contribution in [0.15, 0.2) is 17.0 Å². The second-order valence-corrected chi connectivity index (χ2v) is 6.59. The van der Waals surface area contributed by atoms with Gasteiger partial charge in [0.25, 0.3) is 0 Å². The van der Waals surface area contributed by atoms with Crippen molar-refractivity contribution in [2.24, 2.45) is 5.14 Å². The standard InChI is InChI=1S/C14H23NO3S/c1-5-6-7-18-13-8-11(4)14(19(15,16)17)9-12(13)10(2)3/h8-10H,5-7H2,1-4H3,(H2,15,16,17). The normalized spacial score (nSPS) is 11.9. The molecule has 0 unspecified atom stereocenters. The highest BCUT2D eigenvalue weighted by Crippen LogP contribution is 2.31. The number of rotatable bonds is 6. The van der Waals surface area contributed by atoms with Crippen LogP contribution < -0.4 is 9.88 Å². The minimum Gasteiger partial charge on any atom is -0.493 e. The summed E-state index contributed by atoms with van der Waals surface area (Å²) >= 11 is 0. The minimum atomic E-state index is -3.69. The van der Waals surface area contributed by atoms with E-state index in [1.165, 1.54) is 0 Å². The lowest BCUT2D eigenvalue weighted by Gasteiger charge is -2.17. The Morgan fingerprint density at radius 1 is 1.32 bits per heavy atom. The van der Waals surface area contributed by atoms with Gasteiger partial charge in [-0.15, -0.1) is 0 Å². The molecule has 0 aliphatic heterocycles. The molecule has 0 aromatic heterocycles. The second-order valence-electron chi connectivity index (χ2n) is 5.06. The highest BCUT2D eigenvalue weighted by molar-refractivity contribution is 7.89. The first-order chi connectivity index (χ1) is 8.77. The first kappa shape index (κ1) is 16.0. The Morgan fingerprint density at radius 2 is 1.95 bits per heavy atom. The topological polar surface area (TPSA) is 69.4 Å². The van der Waals surface area contributed by atoms with Crippen LogP contribution in [0.1, 0.15) is 50.7 Å². The molecule has 5 heteroatoms. The van der Waals surface area contributed by atoms with Gasteiger partial charge in [-0.1, -0.05) is 27.2 Å². The predicted molar refractivity (Wildman–Crippen MR) is 77.0 cm³/mol. The largest absolute Gasteiger partial charge is 0.493 e. The Bertz CT molecular complexity index is 536. The predicted octanol–water partition coefficient (Wildman–Crippen LogP) is 2.94. The van der Waals surface area contributed by atoms with Crippen molar-refractivity contribution in [1.29, 1.82) is 0 Å². The van der Waals surface area contributed by atoms with E-state index in [1.807, 2.05) is 13.8 Å². The minimum absolute atomic E-state index is 0.178. The Hall–Kier alpha value is -1.07. The van der Waals surface area contributed by atoms with E-state index in [0.717, 1.165) is 24.2 Å². The molecule has 0 bridgehead atoms. The summed E-state index contributed by atoms with van der Waals surface area (Å²) < 4.78 is 28.8. The van der Waals surface area contributed by atoms with Crippen LogP contribution in [-0.4, -0.2) is 15.0 Å². The molecule has 1 aromatic carbocycles. The van der Waals surface area contributed by atoms with Crippen LogP contribution in [0.5, 0.6) is 5.75 Å². The number of aryl methyl sites for hydroxylation is 1. The molecule has 0 spiro atoms. The number of unbranched alkanes of at least 4 members (excludes halogenated alkanes) is 1. The number of primary sulfonamides is 1. The summed E-state index contributed by atoms with van der Waals surface area (Å²) in [6, 6.07) is 3.40. The van der Waals surface area contributed by atoms with Gasteiger partial charge in [-0.3, -0.25) is 0 Å². The smallest absolute Gasteiger partial charge is 0.238 e. The van der Waals surface area contributed by atoms with Gasteiger partial charge in [-0.2, -0.15) is 0 Å². The third kappa shape index (κ3) is 4.21. The quantitative estimate of drug-likeness (QED) is 0.817. The summed E-state index contributed by atoms with van der Waals surface area (Å²) in [4.78, 5) is 0.180. The van der Waals surface area contributed by atoms with Crippen LogP contribution in [0.4, 0.5) is 0 Å². The first-order valence-corrected chi connectivity index (χ1v) is 8.12. The summed E-state index contributed by atoms with van der Waals surface area (Å²) in [5, 5.41) is 5.23. The third-order valence-electron chi connectivity index (χ3n) is 2.99. The molecule has 0 aliphatic rings. The van der Waals surface area contributed by atoms with Gasteiger partial charge in [-0.05, 0) is 42.5 Å². The van der Waals surface area contributed by atoms with Crippen molar-refractivity contribution in [3.63, 3.8) is 0 Å². The van der Waals surface area contributed by atoms with E-state index in [4.69, 9.17) is 9.88 Å². The van der Waals surface area contributed by atoms with Crippen molar-refractivity contribution in [1.82, 2.24) is 0 Å². The van der Waals surface area contributed by atoms with E-state index in [2.05, 4.69) is 6.92 Å². The van der Waals surface area contributed by atoms with Gasteiger partial charge in [0, 0.05) is 0 Å². The number of sulfonamides is 1. The summed E-state index contributed by atoms with van der Waals surface area (Å²) in [7, 11) is -3.69. The average Bonchev–Trinajstić information content (AvgIpc) is 2.27. The van der Waals surface area contributed by atoms with Crippen molar-refractivity contribution in [2.45, 2.75) is 51.3 Å². The maximum Gasteiger partial charge on any atom is 0.238 e. The number of hydrogen-bond donors (Lipinski definition) is 1. The van der Waals surface area contributed by atoms with Crippen molar-refractivity contribution in [2.75, 3.05) is 6.61 Å². The zero-order chi connectivity index (χ0) is 14.6. The summed E-state index contributed by atoms with van der Waals surface area (Å²) in [6.07, 6.45) is 2.04. The fourth-order valence-corrected chi connectivity index (χ4v) is 2.69. The molecule has 4 nitrogen and oxygen atoms in total. The summed E-state index contributed by atoms with van der Waals surface area (Å²) in [5.41, 5.74) is 1.50. The lowest BCUT2D eigenvalue weighted by Crippen LogP contribution is -2.15. The molecule has 2 N–H and O–H groups in total. The fourth-order valence-electron chi connectivity index (χ4n) is 1.89. The number of benzene rings is 1. The molecule has 0 heterocycles. The van der Waals surface area contributed by atoms with Gasteiger partial charge in [0.1, 0.15) is 5.75 Å². The number of hydrogen-bond acceptors (Lipinski definition) is 3. The molecule has 0 aliphatic carbocycles. The van der Waals surface area contributed by atoms with Gasteiger partial charge < -0.3 is 4.74 Å². The Kier molecular flexibility index (Phi) is 5.38. The molecule has 1 aromatic rings. The first-order valence-electron chi connectivity index (χ1n) is 6.57. The van der Waals surface area contributed by atoms with Crippen LogP contribution in [0.2, 0.25) is 0 Å². The Labute approximate surface area is 116 Å². The van der Waals surface area contributed by atoms with Gasteiger partial charge >= 0.3 is 0 Å². The molecule has 1 rings (SSSR count). The van der Waals surface area contributed by atoms with Crippen molar-refractivity contribution < 1.29 is 13.2 Å².